The maximum atomic E-state index is 12.2. The standard InChI is InChI=1S/C18H17N5O/c24-18(23-12-14-3-7-19-8-4-14)17-10-16(5-9-21-17)22-13-15-2-1-6-20-11-15/h1-11H,12-13H2,(H,21,22)(H,23,24). The Kier molecular flexibility index (Phi) is 5.09. The first-order chi connectivity index (χ1) is 11.8. The van der Waals surface area contributed by atoms with Gasteiger partial charge in [-0.2, -0.15) is 0 Å². The molecule has 0 fully saturated rings. The second-order valence-corrected chi connectivity index (χ2v) is 5.18. The van der Waals surface area contributed by atoms with Crippen LogP contribution in [0.2, 0.25) is 0 Å². The molecule has 6 heteroatoms. The van der Waals surface area contributed by atoms with Crippen LogP contribution >= 0.6 is 0 Å². The molecule has 0 aliphatic rings. The molecule has 0 radical (unpaired) electrons. The van der Waals surface area contributed by atoms with Crippen molar-refractivity contribution in [3.8, 4) is 0 Å². The molecule has 3 rings (SSSR count). The van der Waals surface area contributed by atoms with Gasteiger partial charge in [0.1, 0.15) is 5.69 Å². The van der Waals surface area contributed by atoms with E-state index in [-0.39, 0.29) is 5.91 Å². The molecule has 0 aliphatic carbocycles. The molecular formula is C18H17N5O. The van der Waals surface area contributed by atoms with Crippen LogP contribution in [0.1, 0.15) is 21.6 Å². The molecule has 0 atom stereocenters. The number of anilines is 1. The summed E-state index contributed by atoms with van der Waals surface area (Å²) in [4.78, 5) is 24.4. The van der Waals surface area contributed by atoms with Gasteiger partial charge in [-0.15, -0.1) is 0 Å². The van der Waals surface area contributed by atoms with Gasteiger partial charge < -0.3 is 10.6 Å². The van der Waals surface area contributed by atoms with Crippen molar-refractivity contribution < 1.29 is 4.79 Å². The molecule has 0 saturated heterocycles. The van der Waals surface area contributed by atoms with Crippen molar-refractivity contribution in [3.63, 3.8) is 0 Å². The lowest BCUT2D eigenvalue weighted by molar-refractivity contribution is 0.0946. The predicted molar refractivity (Wildman–Crippen MR) is 91.2 cm³/mol. The topological polar surface area (TPSA) is 79.8 Å². The largest absolute Gasteiger partial charge is 0.381 e. The third-order valence-electron chi connectivity index (χ3n) is 3.41. The highest BCUT2D eigenvalue weighted by Crippen LogP contribution is 2.10. The SMILES string of the molecule is O=C(NCc1ccncc1)c1cc(NCc2cccnc2)ccn1. The zero-order chi connectivity index (χ0) is 16.6. The number of carbonyl (C=O) groups is 1. The van der Waals surface area contributed by atoms with Crippen molar-refractivity contribution in [2.24, 2.45) is 0 Å². The monoisotopic (exact) mass is 319 g/mol. The van der Waals surface area contributed by atoms with Gasteiger partial charge in [-0.05, 0) is 41.5 Å². The van der Waals surface area contributed by atoms with E-state index in [2.05, 4.69) is 25.6 Å². The minimum absolute atomic E-state index is 0.211. The lowest BCUT2D eigenvalue weighted by atomic mass is 10.2. The molecule has 0 saturated carbocycles. The molecule has 6 nitrogen and oxygen atoms in total. The Morgan fingerprint density at radius 1 is 0.917 bits per heavy atom. The van der Waals surface area contributed by atoms with Crippen LogP contribution in [0.25, 0.3) is 0 Å². The molecule has 0 aliphatic heterocycles. The first-order valence-corrected chi connectivity index (χ1v) is 7.57. The second-order valence-electron chi connectivity index (χ2n) is 5.18. The second kappa shape index (κ2) is 7.82. The number of nitrogens with zero attached hydrogens (tertiary/aromatic N) is 3. The number of rotatable bonds is 6. The molecule has 3 aromatic heterocycles. The highest BCUT2D eigenvalue weighted by atomic mass is 16.1. The summed E-state index contributed by atoms with van der Waals surface area (Å²) >= 11 is 0. The fraction of sp³-hybridized carbons (Fsp3) is 0.111. The van der Waals surface area contributed by atoms with Crippen molar-refractivity contribution >= 4 is 11.6 Å². The summed E-state index contributed by atoms with van der Waals surface area (Å²) in [6.45, 7) is 1.08. The molecule has 0 unspecified atom stereocenters. The Bertz CT molecular complexity index is 793. The van der Waals surface area contributed by atoms with Crippen LogP contribution in [0, 0.1) is 0 Å². The Morgan fingerprint density at radius 3 is 2.58 bits per heavy atom. The van der Waals surface area contributed by atoms with Gasteiger partial charge in [0, 0.05) is 49.8 Å². The van der Waals surface area contributed by atoms with Gasteiger partial charge in [0.25, 0.3) is 5.91 Å². The van der Waals surface area contributed by atoms with Gasteiger partial charge in [-0.3, -0.25) is 19.7 Å². The first kappa shape index (κ1) is 15.6. The third kappa shape index (κ3) is 4.36. The Hall–Kier alpha value is -3.28. The third-order valence-corrected chi connectivity index (χ3v) is 3.41. The van der Waals surface area contributed by atoms with Gasteiger partial charge in [-0.25, -0.2) is 0 Å². The quantitative estimate of drug-likeness (QED) is 0.729. The van der Waals surface area contributed by atoms with E-state index in [4.69, 9.17) is 0 Å². The van der Waals surface area contributed by atoms with Gasteiger partial charge in [-0.1, -0.05) is 6.07 Å². The number of nitrogens with one attached hydrogen (secondary N) is 2. The van der Waals surface area contributed by atoms with Gasteiger partial charge in [0.15, 0.2) is 0 Å². The van der Waals surface area contributed by atoms with Crippen LogP contribution in [0.5, 0.6) is 0 Å². The van der Waals surface area contributed by atoms with E-state index in [1.54, 1.807) is 37.1 Å². The zero-order valence-corrected chi connectivity index (χ0v) is 13.0. The number of amides is 1. The lowest BCUT2D eigenvalue weighted by Gasteiger charge is -2.08. The lowest BCUT2D eigenvalue weighted by Crippen LogP contribution is -2.23. The molecular weight excluding hydrogens is 302 g/mol. The summed E-state index contributed by atoms with van der Waals surface area (Å²) in [5.41, 5.74) is 3.27. The number of hydrogen-bond donors (Lipinski definition) is 2. The van der Waals surface area contributed by atoms with Crippen LogP contribution in [0.3, 0.4) is 0 Å². The number of pyridine rings is 3. The summed E-state index contributed by atoms with van der Waals surface area (Å²) in [7, 11) is 0. The molecule has 0 aromatic carbocycles. The zero-order valence-electron chi connectivity index (χ0n) is 13.0. The van der Waals surface area contributed by atoms with Gasteiger partial charge in [0.05, 0.1) is 0 Å². The highest BCUT2D eigenvalue weighted by Gasteiger charge is 2.07. The van der Waals surface area contributed by atoms with Gasteiger partial charge >= 0.3 is 0 Å². The average Bonchev–Trinajstić information content (AvgIpc) is 2.66. The van der Waals surface area contributed by atoms with Crippen molar-refractivity contribution in [1.29, 1.82) is 0 Å². The average molecular weight is 319 g/mol. The Labute approximate surface area is 140 Å². The summed E-state index contributed by atoms with van der Waals surface area (Å²) in [6, 6.07) is 11.2. The van der Waals surface area contributed by atoms with Crippen LogP contribution in [-0.2, 0) is 13.1 Å². The minimum Gasteiger partial charge on any atom is -0.381 e. The molecule has 1 amide bonds. The fourth-order valence-electron chi connectivity index (χ4n) is 2.15. The molecule has 2 N–H and O–H groups in total. The molecule has 3 aromatic rings. The summed E-state index contributed by atoms with van der Waals surface area (Å²) < 4.78 is 0. The van der Waals surface area contributed by atoms with E-state index in [1.807, 2.05) is 30.3 Å². The summed E-state index contributed by atoms with van der Waals surface area (Å²) in [5, 5.41) is 6.11. The highest BCUT2D eigenvalue weighted by molar-refractivity contribution is 5.93. The van der Waals surface area contributed by atoms with E-state index < -0.39 is 0 Å². The smallest absolute Gasteiger partial charge is 0.270 e. The summed E-state index contributed by atoms with van der Waals surface area (Å²) in [5.74, 6) is -0.211. The van der Waals surface area contributed by atoms with Crippen LogP contribution < -0.4 is 10.6 Å². The number of hydrogen-bond acceptors (Lipinski definition) is 5. The molecule has 120 valence electrons. The number of carbonyl (C=O) groups excluding carboxylic acids is 1. The van der Waals surface area contributed by atoms with Gasteiger partial charge in [0.2, 0.25) is 0 Å². The molecule has 0 bridgehead atoms. The minimum atomic E-state index is -0.211. The van der Waals surface area contributed by atoms with E-state index in [9.17, 15) is 4.79 Å². The molecule has 24 heavy (non-hydrogen) atoms. The maximum Gasteiger partial charge on any atom is 0.270 e. The van der Waals surface area contributed by atoms with Crippen LogP contribution in [0.4, 0.5) is 5.69 Å². The molecule has 3 heterocycles. The van der Waals surface area contributed by atoms with Crippen molar-refractivity contribution in [3.05, 3.63) is 84.2 Å². The molecule has 0 spiro atoms. The number of aromatic nitrogens is 3. The summed E-state index contributed by atoms with van der Waals surface area (Å²) in [6.07, 6.45) is 8.55. The predicted octanol–water partition coefficient (Wildman–Crippen LogP) is 2.41. The van der Waals surface area contributed by atoms with E-state index in [0.29, 0.717) is 18.8 Å². The van der Waals surface area contributed by atoms with E-state index >= 15 is 0 Å². The maximum absolute atomic E-state index is 12.2. The Balaban J connectivity index is 1.59. The Morgan fingerprint density at radius 2 is 1.79 bits per heavy atom. The van der Waals surface area contributed by atoms with Crippen molar-refractivity contribution in [2.45, 2.75) is 13.1 Å². The van der Waals surface area contributed by atoms with E-state index in [1.165, 1.54) is 0 Å². The van der Waals surface area contributed by atoms with E-state index in [0.717, 1.165) is 16.8 Å². The van der Waals surface area contributed by atoms with Crippen LogP contribution in [-0.4, -0.2) is 20.9 Å². The van der Waals surface area contributed by atoms with Crippen molar-refractivity contribution in [1.82, 2.24) is 20.3 Å². The van der Waals surface area contributed by atoms with Crippen LogP contribution in [0.15, 0.2) is 67.4 Å². The van der Waals surface area contributed by atoms with Crippen molar-refractivity contribution in [2.75, 3.05) is 5.32 Å². The first-order valence-electron chi connectivity index (χ1n) is 7.57. The fourth-order valence-corrected chi connectivity index (χ4v) is 2.15. The normalized spacial score (nSPS) is 10.2.